The highest BCUT2D eigenvalue weighted by Crippen LogP contribution is 2.10. The van der Waals surface area contributed by atoms with Gasteiger partial charge in [-0.15, -0.1) is 0 Å². The second kappa shape index (κ2) is 7.94. The molecule has 1 heterocycles. The number of hydrogen-bond acceptors (Lipinski definition) is 6. The topological polar surface area (TPSA) is 73.6 Å². The summed E-state index contributed by atoms with van der Waals surface area (Å²) in [6.07, 6.45) is 2.06. The van der Waals surface area contributed by atoms with Crippen LogP contribution < -0.4 is 10.1 Å². The van der Waals surface area contributed by atoms with E-state index in [1.54, 1.807) is 6.92 Å². The van der Waals surface area contributed by atoms with Gasteiger partial charge in [-0.1, -0.05) is 18.2 Å². The SMILES string of the molecule is CCOC(=O)c1coc(NCCCOc2ccccc2)n1. The number of ether oxygens (including phenoxy) is 2. The number of anilines is 1. The van der Waals surface area contributed by atoms with Crippen molar-refractivity contribution in [2.75, 3.05) is 25.1 Å². The molecule has 1 N–H and O–H groups in total. The molecule has 0 saturated carbocycles. The normalized spacial score (nSPS) is 10.1. The summed E-state index contributed by atoms with van der Waals surface area (Å²) in [4.78, 5) is 15.4. The molecule has 0 spiro atoms. The van der Waals surface area contributed by atoms with Crippen LogP contribution in [0.15, 0.2) is 41.0 Å². The van der Waals surface area contributed by atoms with E-state index in [1.165, 1.54) is 6.26 Å². The van der Waals surface area contributed by atoms with Crippen molar-refractivity contribution in [2.24, 2.45) is 0 Å². The van der Waals surface area contributed by atoms with Crippen molar-refractivity contribution in [3.8, 4) is 5.75 Å². The fourth-order valence-corrected chi connectivity index (χ4v) is 1.63. The Hall–Kier alpha value is -2.50. The number of oxazole rings is 1. The lowest BCUT2D eigenvalue weighted by atomic mass is 10.3. The first-order valence-corrected chi connectivity index (χ1v) is 6.84. The molecule has 0 aliphatic rings. The minimum Gasteiger partial charge on any atom is -0.494 e. The molecule has 0 unspecified atom stereocenters. The van der Waals surface area contributed by atoms with E-state index in [9.17, 15) is 4.79 Å². The molecule has 0 aliphatic carbocycles. The summed E-state index contributed by atoms with van der Waals surface area (Å²) in [5, 5.41) is 2.98. The van der Waals surface area contributed by atoms with Crippen LogP contribution in [-0.2, 0) is 4.74 Å². The number of para-hydroxylation sites is 1. The summed E-state index contributed by atoms with van der Waals surface area (Å²) in [7, 11) is 0. The van der Waals surface area contributed by atoms with Crippen LogP contribution in [-0.4, -0.2) is 30.7 Å². The van der Waals surface area contributed by atoms with Crippen molar-refractivity contribution in [2.45, 2.75) is 13.3 Å². The lowest BCUT2D eigenvalue weighted by molar-refractivity contribution is 0.0519. The maximum atomic E-state index is 11.4. The zero-order valence-electron chi connectivity index (χ0n) is 11.9. The number of nitrogens with zero attached hydrogens (tertiary/aromatic N) is 1. The lowest BCUT2D eigenvalue weighted by Crippen LogP contribution is -2.08. The minimum atomic E-state index is -0.485. The van der Waals surface area contributed by atoms with Crippen LogP contribution in [0, 0.1) is 0 Å². The molecule has 1 aromatic heterocycles. The molecule has 6 heteroatoms. The number of benzene rings is 1. The van der Waals surface area contributed by atoms with Gasteiger partial charge in [0.05, 0.1) is 13.2 Å². The second-order valence-electron chi connectivity index (χ2n) is 4.20. The molecule has 0 aliphatic heterocycles. The van der Waals surface area contributed by atoms with Crippen molar-refractivity contribution in [3.05, 3.63) is 42.3 Å². The molecular formula is C15H18N2O4. The third-order valence-corrected chi connectivity index (χ3v) is 2.60. The highest BCUT2D eigenvalue weighted by Gasteiger charge is 2.12. The molecule has 0 amide bonds. The maximum absolute atomic E-state index is 11.4. The molecule has 112 valence electrons. The van der Waals surface area contributed by atoms with Crippen molar-refractivity contribution >= 4 is 12.0 Å². The van der Waals surface area contributed by atoms with Crippen molar-refractivity contribution in [1.82, 2.24) is 4.98 Å². The van der Waals surface area contributed by atoms with Gasteiger partial charge in [0, 0.05) is 6.54 Å². The number of nitrogens with one attached hydrogen (secondary N) is 1. The maximum Gasteiger partial charge on any atom is 0.360 e. The lowest BCUT2D eigenvalue weighted by Gasteiger charge is -2.05. The van der Waals surface area contributed by atoms with Gasteiger partial charge in [-0.25, -0.2) is 4.79 Å². The molecule has 21 heavy (non-hydrogen) atoms. The summed E-state index contributed by atoms with van der Waals surface area (Å²) >= 11 is 0. The van der Waals surface area contributed by atoms with Crippen molar-refractivity contribution < 1.29 is 18.7 Å². The van der Waals surface area contributed by atoms with E-state index in [0.29, 0.717) is 25.8 Å². The smallest absolute Gasteiger partial charge is 0.360 e. The highest BCUT2D eigenvalue weighted by atomic mass is 16.5. The van der Waals surface area contributed by atoms with Crippen molar-refractivity contribution in [3.63, 3.8) is 0 Å². The van der Waals surface area contributed by atoms with Crippen LogP contribution >= 0.6 is 0 Å². The number of carbonyl (C=O) groups is 1. The van der Waals surface area contributed by atoms with Gasteiger partial charge in [0.1, 0.15) is 12.0 Å². The van der Waals surface area contributed by atoms with Crippen LogP contribution in [0.5, 0.6) is 5.75 Å². The summed E-state index contributed by atoms with van der Waals surface area (Å²) in [6.45, 7) is 3.27. The molecule has 0 bridgehead atoms. The first kappa shape index (κ1) is 14.9. The van der Waals surface area contributed by atoms with Crippen LogP contribution in [0.4, 0.5) is 6.01 Å². The average Bonchev–Trinajstić information content (AvgIpc) is 2.97. The van der Waals surface area contributed by atoms with E-state index >= 15 is 0 Å². The Kier molecular flexibility index (Phi) is 5.63. The van der Waals surface area contributed by atoms with E-state index in [2.05, 4.69) is 10.3 Å². The Balaban J connectivity index is 1.66. The molecule has 0 saturated heterocycles. The number of carbonyl (C=O) groups excluding carboxylic acids is 1. The van der Waals surface area contributed by atoms with Crippen LogP contribution in [0.3, 0.4) is 0 Å². The van der Waals surface area contributed by atoms with Crippen LogP contribution in [0.2, 0.25) is 0 Å². The molecule has 6 nitrogen and oxygen atoms in total. The third kappa shape index (κ3) is 4.83. The summed E-state index contributed by atoms with van der Waals surface area (Å²) < 4.78 is 15.5. The van der Waals surface area contributed by atoms with E-state index in [-0.39, 0.29) is 5.69 Å². The second-order valence-corrected chi connectivity index (χ2v) is 4.20. The molecule has 0 radical (unpaired) electrons. The first-order chi connectivity index (χ1) is 10.3. The van der Waals surface area contributed by atoms with Gasteiger partial charge in [-0.2, -0.15) is 4.98 Å². The minimum absolute atomic E-state index is 0.167. The quantitative estimate of drug-likeness (QED) is 0.595. The van der Waals surface area contributed by atoms with Gasteiger partial charge in [0.25, 0.3) is 6.01 Å². The number of esters is 1. The predicted octanol–water partition coefficient (Wildman–Crippen LogP) is 2.73. The molecule has 0 fully saturated rings. The average molecular weight is 290 g/mol. The van der Waals surface area contributed by atoms with E-state index in [0.717, 1.165) is 12.2 Å². The molecule has 2 rings (SSSR count). The Morgan fingerprint density at radius 3 is 2.90 bits per heavy atom. The largest absolute Gasteiger partial charge is 0.494 e. The Bertz CT molecular complexity index is 554. The standard InChI is InChI=1S/C15H18N2O4/c1-2-19-14(18)13-11-21-15(17-13)16-9-6-10-20-12-7-4-3-5-8-12/h3-5,7-8,11H,2,6,9-10H2,1H3,(H,16,17). The van der Waals surface area contributed by atoms with E-state index in [4.69, 9.17) is 13.9 Å². The zero-order valence-corrected chi connectivity index (χ0v) is 11.9. The highest BCUT2D eigenvalue weighted by molar-refractivity contribution is 5.87. The predicted molar refractivity (Wildman–Crippen MR) is 77.5 cm³/mol. The molecule has 2 aromatic rings. The fraction of sp³-hybridized carbons (Fsp3) is 0.333. The summed E-state index contributed by atoms with van der Waals surface area (Å²) in [6, 6.07) is 9.92. The van der Waals surface area contributed by atoms with Crippen molar-refractivity contribution in [1.29, 1.82) is 0 Å². The zero-order chi connectivity index (χ0) is 14.9. The van der Waals surface area contributed by atoms with Gasteiger partial charge >= 0.3 is 5.97 Å². The van der Waals surface area contributed by atoms with Crippen LogP contribution in [0.1, 0.15) is 23.8 Å². The van der Waals surface area contributed by atoms with Gasteiger partial charge < -0.3 is 19.2 Å². The van der Waals surface area contributed by atoms with Gasteiger partial charge in [0.2, 0.25) is 0 Å². The first-order valence-electron chi connectivity index (χ1n) is 6.84. The van der Waals surface area contributed by atoms with Crippen LogP contribution in [0.25, 0.3) is 0 Å². The summed E-state index contributed by atoms with van der Waals surface area (Å²) in [5.74, 6) is 0.361. The van der Waals surface area contributed by atoms with Gasteiger partial charge in [-0.3, -0.25) is 0 Å². The number of hydrogen-bond donors (Lipinski definition) is 1. The van der Waals surface area contributed by atoms with E-state index in [1.807, 2.05) is 30.3 Å². The number of aromatic nitrogens is 1. The number of rotatable bonds is 8. The Morgan fingerprint density at radius 2 is 2.14 bits per heavy atom. The molecular weight excluding hydrogens is 272 g/mol. The van der Waals surface area contributed by atoms with Gasteiger partial charge in [0.15, 0.2) is 5.69 Å². The van der Waals surface area contributed by atoms with Gasteiger partial charge in [-0.05, 0) is 25.5 Å². The Labute approximate surface area is 123 Å². The monoisotopic (exact) mass is 290 g/mol. The fourth-order valence-electron chi connectivity index (χ4n) is 1.63. The molecule has 0 atom stereocenters. The summed E-state index contributed by atoms with van der Waals surface area (Å²) in [5.41, 5.74) is 0.167. The van der Waals surface area contributed by atoms with E-state index < -0.39 is 5.97 Å². The Morgan fingerprint density at radius 1 is 1.33 bits per heavy atom. The molecule has 1 aromatic carbocycles. The third-order valence-electron chi connectivity index (χ3n) is 2.60.